The smallest absolute Gasteiger partial charge is 0.347 e. The van der Waals surface area contributed by atoms with Crippen LogP contribution in [0.1, 0.15) is 78.6 Å². The predicted molar refractivity (Wildman–Crippen MR) is 205 cm³/mol. The fourth-order valence-electron chi connectivity index (χ4n) is 7.37. The van der Waals surface area contributed by atoms with Gasteiger partial charge in [0.2, 0.25) is 0 Å². The van der Waals surface area contributed by atoms with Crippen molar-refractivity contribution in [1.82, 2.24) is 9.13 Å². The van der Waals surface area contributed by atoms with E-state index in [1.54, 1.807) is 17.0 Å². The molecule has 8 nitrogen and oxygen atoms in total. The third-order valence-corrected chi connectivity index (χ3v) is 12.3. The normalized spacial score (nSPS) is 17.6. The molecule has 10 heteroatoms. The van der Waals surface area contributed by atoms with Gasteiger partial charge in [-0.15, -0.1) is 0 Å². The molecule has 2 N–H and O–H groups in total. The summed E-state index contributed by atoms with van der Waals surface area (Å²) in [6, 6.07) is 33.9. The van der Waals surface area contributed by atoms with Crippen LogP contribution < -0.4 is 9.60 Å². The largest absolute Gasteiger partial charge is 0.477 e. The molecule has 2 atom stereocenters. The van der Waals surface area contributed by atoms with Crippen LogP contribution in [-0.2, 0) is 13.6 Å². The molecule has 0 spiro atoms. The SMILES string of the molecule is Cn1cc(C(=O)O)s/c1=N\c1ccc(C2CC2c2ccc(Cn3cc(C(=O)O)s/c3=N\c3ccc(C4CC4)c4ccccc34)cc2)c2ccccc12. The molecule has 2 aromatic heterocycles. The Labute approximate surface area is 307 Å². The summed E-state index contributed by atoms with van der Waals surface area (Å²) in [7, 11) is 1.81. The molecular weight excluding hydrogens is 689 g/mol. The predicted octanol–water partition coefficient (Wildman–Crippen LogP) is 9.31. The summed E-state index contributed by atoms with van der Waals surface area (Å²) in [4.78, 5) is 35.2. The second-order valence-electron chi connectivity index (χ2n) is 13.7. The topological polar surface area (TPSA) is 109 Å². The fourth-order valence-corrected chi connectivity index (χ4v) is 9.05. The van der Waals surface area contributed by atoms with E-state index in [9.17, 15) is 19.8 Å². The second kappa shape index (κ2) is 12.9. The van der Waals surface area contributed by atoms with E-state index in [1.807, 2.05) is 29.8 Å². The standard InChI is InChI=1S/C42H34N4O4S2/c1-45-22-37(39(47)48)51-41(45)43-35-19-17-30(29-7-3-5-9-32(29)35)34-20-33(34)26-12-10-24(11-13-26)21-46-23-38(40(49)50)52-42(46)44-36-18-16-27(25-14-15-25)28-6-2-4-8-31(28)36/h2-13,16-19,22-23,25,33-34H,14-15,20-21H2,1H3,(H,47,48)(H,49,50)/b43-41-,44-42-. The molecule has 0 radical (unpaired) electrons. The monoisotopic (exact) mass is 722 g/mol. The van der Waals surface area contributed by atoms with Crippen molar-refractivity contribution in [3.8, 4) is 0 Å². The number of carboxylic acids is 2. The average Bonchev–Trinajstić information content (AvgIpc) is 4.08. The Morgan fingerprint density at radius 1 is 0.673 bits per heavy atom. The number of thiazole rings is 2. The maximum absolute atomic E-state index is 12.0. The van der Waals surface area contributed by atoms with Gasteiger partial charge in [0.15, 0.2) is 9.60 Å². The zero-order chi connectivity index (χ0) is 35.5. The van der Waals surface area contributed by atoms with E-state index in [1.165, 1.54) is 51.6 Å². The van der Waals surface area contributed by atoms with Crippen LogP contribution in [0.25, 0.3) is 21.5 Å². The van der Waals surface area contributed by atoms with Gasteiger partial charge in [0.25, 0.3) is 0 Å². The molecule has 5 aromatic carbocycles. The van der Waals surface area contributed by atoms with Crippen molar-refractivity contribution in [3.05, 3.63) is 151 Å². The van der Waals surface area contributed by atoms with Crippen LogP contribution in [0.4, 0.5) is 11.4 Å². The molecule has 7 aromatic rings. The minimum Gasteiger partial charge on any atom is -0.477 e. The van der Waals surface area contributed by atoms with Gasteiger partial charge >= 0.3 is 11.9 Å². The minimum absolute atomic E-state index is 0.256. The summed E-state index contributed by atoms with van der Waals surface area (Å²) < 4.78 is 3.70. The van der Waals surface area contributed by atoms with Crippen molar-refractivity contribution in [2.24, 2.45) is 17.0 Å². The number of fused-ring (bicyclic) bond motifs is 2. The number of hydrogen-bond acceptors (Lipinski definition) is 6. The van der Waals surface area contributed by atoms with E-state index in [2.05, 4.69) is 78.9 Å². The quantitative estimate of drug-likeness (QED) is 0.155. The highest BCUT2D eigenvalue weighted by molar-refractivity contribution is 7.11. The van der Waals surface area contributed by atoms with Crippen molar-refractivity contribution in [1.29, 1.82) is 0 Å². The van der Waals surface area contributed by atoms with Gasteiger partial charge in [0.1, 0.15) is 9.75 Å². The van der Waals surface area contributed by atoms with Gasteiger partial charge in [-0.2, -0.15) is 0 Å². The first-order valence-electron chi connectivity index (χ1n) is 17.4. The number of rotatable bonds is 9. The summed E-state index contributed by atoms with van der Waals surface area (Å²) in [5.74, 6) is -0.496. The van der Waals surface area contributed by atoms with Crippen LogP contribution >= 0.6 is 22.7 Å². The Morgan fingerprint density at radius 2 is 1.23 bits per heavy atom. The molecule has 0 aliphatic heterocycles. The number of benzene rings is 5. The fraction of sp³-hybridized carbons (Fsp3) is 0.190. The molecule has 2 saturated carbocycles. The molecule has 52 heavy (non-hydrogen) atoms. The number of aromatic carboxylic acids is 2. The maximum Gasteiger partial charge on any atom is 0.347 e. The molecule has 2 aliphatic carbocycles. The van der Waals surface area contributed by atoms with E-state index < -0.39 is 11.9 Å². The van der Waals surface area contributed by atoms with Gasteiger partial charge in [-0.1, -0.05) is 108 Å². The van der Waals surface area contributed by atoms with Crippen LogP contribution in [0.3, 0.4) is 0 Å². The van der Waals surface area contributed by atoms with Gasteiger partial charge < -0.3 is 19.3 Å². The van der Waals surface area contributed by atoms with Crippen LogP contribution in [0.2, 0.25) is 0 Å². The van der Waals surface area contributed by atoms with Crippen molar-refractivity contribution >= 4 is 67.5 Å². The zero-order valence-corrected chi connectivity index (χ0v) is 29.9. The Hall–Kier alpha value is -5.58. The van der Waals surface area contributed by atoms with Gasteiger partial charge in [0, 0.05) is 36.8 Å². The molecule has 0 bridgehead atoms. The zero-order valence-electron chi connectivity index (χ0n) is 28.3. The highest BCUT2D eigenvalue weighted by Crippen LogP contribution is 2.56. The van der Waals surface area contributed by atoms with E-state index in [-0.39, 0.29) is 9.75 Å². The number of nitrogens with zero attached hydrogens (tertiary/aromatic N) is 4. The Bertz CT molecular complexity index is 2700. The Morgan fingerprint density at radius 3 is 1.85 bits per heavy atom. The van der Waals surface area contributed by atoms with Gasteiger partial charge in [-0.25, -0.2) is 19.6 Å². The summed E-state index contributed by atoms with van der Waals surface area (Å²) in [6.07, 6.45) is 6.80. The van der Waals surface area contributed by atoms with Gasteiger partial charge in [-0.3, -0.25) is 0 Å². The first kappa shape index (κ1) is 32.3. The lowest BCUT2D eigenvalue weighted by molar-refractivity contribution is 0.0690. The van der Waals surface area contributed by atoms with E-state index in [4.69, 9.17) is 9.98 Å². The molecular formula is C42H34N4O4S2. The summed E-state index contributed by atoms with van der Waals surface area (Å²) in [5.41, 5.74) is 6.71. The van der Waals surface area contributed by atoms with E-state index >= 15 is 0 Å². The molecule has 2 unspecified atom stereocenters. The van der Waals surface area contributed by atoms with Crippen molar-refractivity contribution in [2.45, 2.75) is 43.6 Å². The summed E-state index contributed by atoms with van der Waals surface area (Å²) >= 11 is 2.36. The first-order valence-corrected chi connectivity index (χ1v) is 19.0. The average molecular weight is 723 g/mol. The number of hydrogen-bond donors (Lipinski definition) is 2. The summed E-state index contributed by atoms with van der Waals surface area (Å²) in [5, 5.41) is 23.8. The van der Waals surface area contributed by atoms with Gasteiger partial charge in [-0.05, 0) is 82.2 Å². The highest BCUT2D eigenvalue weighted by atomic mass is 32.1. The lowest BCUT2D eigenvalue weighted by Crippen LogP contribution is -2.14. The van der Waals surface area contributed by atoms with Crippen LogP contribution in [0.15, 0.2) is 119 Å². The molecule has 2 heterocycles. The molecule has 2 fully saturated rings. The Kier molecular flexibility index (Phi) is 8.01. The Balaban J connectivity index is 0.979. The van der Waals surface area contributed by atoms with Crippen LogP contribution in [0.5, 0.6) is 0 Å². The van der Waals surface area contributed by atoms with Crippen molar-refractivity contribution in [2.75, 3.05) is 0 Å². The highest BCUT2D eigenvalue weighted by Gasteiger charge is 2.40. The molecule has 9 rings (SSSR count). The summed E-state index contributed by atoms with van der Waals surface area (Å²) in [6.45, 7) is 0.515. The van der Waals surface area contributed by atoms with Crippen LogP contribution in [-0.4, -0.2) is 31.3 Å². The maximum atomic E-state index is 12.0. The number of aryl methyl sites for hydroxylation is 1. The van der Waals surface area contributed by atoms with E-state index in [0.717, 1.165) is 45.5 Å². The second-order valence-corrected chi connectivity index (χ2v) is 15.8. The van der Waals surface area contributed by atoms with Crippen molar-refractivity contribution in [3.63, 3.8) is 0 Å². The van der Waals surface area contributed by atoms with Crippen molar-refractivity contribution < 1.29 is 19.8 Å². The molecule has 0 amide bonds. The van der Waals surface area contributed by atoms with Crippen LogP contribution in [0, 0.1) is 0 Å². The third-order valence-electron chi connectivity index (χ3n) is 10.2. The number of aromatic nitrogens is 2. The van der Waals surface area contributed by atoms with Gasteiger partial charge in [0.05, 0.1) is 11.4 Å². The molecule has 2 aliphatic rings. The third kappa shape index (κ3) is 6.07. The molecule has 0 saturated heterocycles. The lowest BCUT2D eigenvalue weighted by atomic mass is 9.97. The number of carbonyl (C=O) groups is 2. The molecule has 258 valence electrons. The number of carboxylic acid groups (broad SMARTS) is 2. The van der Waals surface area contributed by atoms with E-state index in [0.29, 0.717) is 33.9 Å². The lowest BCUT2D eigenvalue weighted by Gasteiger charge is -2.10. The minimum atomic E-state index is -0.952. The first-order chi connectivity index (χ1) is 25.3.